The van der Waals surface area contributed by atoms with Crippen molar-refractivity contribution in [1.82, 2.24) is 25.2 Å². The van der Waals surface area contributed by atoms with E-state index in [1.54, 1.807) is 12.3 Å². The van der Waals surface area contributed by atoms with Crippen molar-refractivity contribution < 1.29 is 5.11 Å². The Kier molecular flexibility index (Phi) is 6.46. The van der Waals surface area contributed by atoms with Crippen LogP contribution in [0.3, 0.4) is 0 Å². The molecular formula is C21H27N7O. The predicted octanol–water partition coefficient (Wildman–Crippen LogP) is 3.42. The highest BCUT2D eigenvalue weighted by atomic mass is 16.3. The van der Waals surface area contributed by atoms with Gasteiger partial charge in [0.25, 0.3) is 0 Å². The lowest BCUT2D eigenvalue weighted by molar-refractivity contribution is 0.337. The van der Waals surface area contributed by atoms with E-state index in [9.17, 15) is 5.11 Å². The highest BCUT2D eigenvalue weighted by Crippen LogP contribution is 2.25. The van der Waals surface area contributed by atoms with Crippen molar-refractivity contribution in [2.45, 2.75) is 20.4 Å². The zero-order chi connectivity index (χ0) is 20.8. The maximum Gasteiger partial charge on any atom is 0.182 e. The number of rotatable bonds is 9. The molecular weight excluding hydrogens is 366 g/mol. The van der Waals surface area contributed by atoms with Crippen LogP contribution >= 0.6 is 0 Å². The summed E-state index contributed by atoms with van der Waals surface area (Å²) < 4.78 is 0. The second-order valence-electron chi connectivity index (χ2n) is 6.73. The number of aromatic nitrogens is 3. The first-order valence-corrected chi connectivity index (χ1v) is 9.59. The quantitative estimate of drug-likeness (QED) is 0.411. The van der Waals surface area contributed by atoms with Crippen molar-refractivity contribution in [2.75, 3.05) is 30.8 Å². The van der Waals surface area contributed by atoms with Gasteiger partial charge >= 0.3 is 0 Å². The van der Waals surface area contributed by atoms with Crippen LogP contribution in [0.5, 0.6) is 5.75 Å². The maximum atomic E-state index is 10.1. The topological polar surface area (TPSA) is 98.2 Å². The number of benzene rings is 1. The molecule has 3 aromatic rings. The smallest absolute Gasteiger partial charge is 0.182 e. The molecule has 152 valence electrons. The molecule has 0 bridgehead atoms. The third-order valence-electron chi connectivity index (χ3n) is 4.41. The Bertz CT molecular complexity index is 1010. The van der Waals surface area contributed by atoms with Gasteiger partial charge in [-0.2, -0.15) is 0 Å². The molecule has 0 atom stereocenters. The number of hydrogen-bond acceptors (Lipinski definition) is 8. The third-order valence-corrected chi connectivity index (χ3v) is 4.41. The van der Waals surface area contributed by atoms with Crippen LogP contribution < -0.4 is 16.0 Å². The Balaban J connectivity index is 1.81. The number of nitrogens with zero attached hydrogens (tertiary/aromatic N) is 4. The van der Waals surface area contributed by atoms with Crippen LogP contribution in [0.2, 0.25) is 0 Å². The number of anilines is 3. The van der Waals surface area contributed by atoms with E-state index in [2.05, 4.69) is 49.3 Å². The summed E-state index contributed by atoms with van der Waals surface area (Å²) in [5.74, 6) is 2.17. The minimum atomic E-state index is 0.277. The van der Waals surface area contributed by atoms with E-state index < -0.39 is 0 Å². The molecule has 0 fully saturated rings. The van der Waals surface area contributed by atoms with Crippen LogP contribution in [0.4, 0.5) is 17.3 Å². The highest BCUT2D eigenvalue weighted by Gasteiger charge is 2.08. The number of hydrogen-bond donors (Lipinski definition) is 4. The zero-order valence-corrected chi connectivity index (χ0v) is 17.0. The molecule has 8 heteroatoms. The first-order valence-electron chi connectivity index (χ1n) is 9.59. The lowest BCUT2D eigenvalue weighted by Crippen LogP contribution is -2.18. The van der Waals surface area contributed by atoms with E-state index >= 15 is 0 Å². The van der Waals surface area contributed by atoms with E-state index in [0.29, 0.717) is 35.2 Å². The summed E-state index contributed by atoms with van der Waals surface area (Å²) >= 11 is 0. The van der Waals surface area contributed by atoms with Crippen LogP contribution in [0.15, 0.2) is 48.9 Å². The minimum Gasteiger partial charge on any atom is -0.508 e. The molecule has 0 amide bonds. The Morgan fingerprint density at radius 3 is 2.69 bits per heavy atom. The molecule has 1 aromatic carbocycles. The van der Waals surface area contributed by atoms with Crippen LogP contribution in [0.1, 0.15) is 19.4 Å². The molecule has 0 spiro atoms. The summed E-state index contributed by atoms with van der Waals surface area (Å²) in [6, 6.07) is 9.10. The van der Waals surface area contributed by atoms with Crippen molar-refractivity contribution in [3.05, 3.63) is 54.5 Å². The average molecular weight is 393 g/mol. The zero-order valence-electron chi connectivity index (χ0n) is 17.0. The van der Waals surface area contributed by atoms with Gasteiger partial charge in [0, 0.05) is 24.3 Å². The average Bonchev–Trinajstić information content (AvgIpc) is 2.70. The summed E-state index contributed by atoms with van der Waals surface area (Å²) in [5, 5.41) is 19.6. The van der Waals surface area contributed by atoms with E-state index in [0.717, 1.165) is 24.3 Å². The summed E-state index contributed by atoms with van der Waals surface area (Å²) in [4.78, 5) is 15.6. The van der Waals surface area contributed by atoms with E-state index in [-0.39, 0.29) is 5.75 Å². The van der Waals surface area contributed by atoms with Gasteiger partial charge in [0.2, 0.25) is 0 Å². The SMILES string of the molecule is C=C(NCC)Nc1ccc2ncc(Nc3ccc(O)c(CN(C)CC)c3)nc2n1. The van der Waals surface area contributed by atoms with Gasteiger partial charge in [-0.25, -0.2) is 15.0 Å². The van der Waals surface area contributed by atoms with Crippen molar-refractivity contribution in [3.8, 4) is 5.75 Å². The predicted molar refractivity (Wildman–Crippen MR) is 117 cm³/mol. The number of aromatic hydroxyl groups is 1. The second-order valence-corrected chi connectivity index (χ2v) is 6.73. The number of fused-ring (bicyclic) bond motifs is 1. The fourth-order valence-corrected chi connectivity index (χ4v) is 2.78. The molecule has 0 aliphatic rings. The first-order chi connectivity index (χ1) is 14.0. The van der Waals surface area contributed by atoms with Crippen molar-refractivity contribution in [2.24, 2.45) is 0 Å². The summed E-state index contributed by atoms with van der Waals surface area (Å²) in [5.41, 5.74) is 2.89. The normalized spacial score (nSPS) is 10.9. The van der Waals surface area contributed by atoms with Gasteiger partial charge in [-0.05, 0) is 50.8 Å². The van der Waals surface area contributed by atoms with Crippen LogP contribution in [-0.4, -0.2) is 45.1 Å². The molecule has 3 rings (SSSR count). The van der Waals surface area contributed by atoms with Crippen molar-refractivity contribution in [1.29, 1.82) is 0 Å². The Hall–Kier alpha value is -3.39. The summed E-state index contributed by atoms with van der Waals surface area (Å²) in [6.07, 6.45) is 1.67. The van der Waals surface area contributed by atoms with Gasteiger partial charge in [-0.1, -0.05) is 13.5 Å². The van der Waals surface area contributed by atoms with Gasteiger partial charge < -0.3 is 26.0 Å². The Morgan fingerprint density at radius 2 is 1.93 bits per heavy atom. The first kappa shape index (κ1) is 20.3. The second kappa shape index (κ2) is 9.20. The lowest BCUT2D eigenvalue weighted by atomic mass is 10.1. The molecule has 29 heavy (non-hydrogen) atoms. The van der Waals surface area contributed by atoms with Gasteiger partial charge in [-0.3, -0.25) is 0 Å². The number of phenols is 1. The summed E-state index contributed by atoms with van der Waals surface area (Å²) in [7, 11) is 2.01. The monoisotopic (exact) mass is 393 g/mol. The van der Waals surface area contributed by atoms with E-state index in [1.807, 2.05) is 38.2 Å². The Morgan fingerprint density at radius 1 is 1.14 bits per heavy atom. The summed E-state index contributed by atoms with van der Waals surface area (Å²) in [6.45, 7) is 10.3. The molecule has 0 aliphatic carbocycles. The van der Waals surface area contributed by atoms with Crippen molar-refractivity contribution in [3.63, 3.8) is 0 Å². The molecule has 0 saturated heterocycles. The lowest BCUT2D eigenvalue weighted by Gasteiger charge is -2.16. The maximum absolute atomic E-state index is 10.1. The molecule has 8 nitrogen and oxygen atoms in total. The van der Waals surface area contributed by atoms with Gasteiger partial charge in [0.05, 0.1) is 12.0 Å². The number of pyridine rings is 1. The minimum absolute atomic E-state index is 0.277. The number of phenolic OH excluding ortho intramolecular Hbond substituents is 1. The van der Waals surface area contributed by atoms with Crippen LogP contribution in [0, 0.1) is 0 Å². The van der Waals surface area contributed by atoms with E-state index in [1.165, 1.54) is 0 Å². The largest absolute Gasteiger partial charge is 0.508 e. The molecule has 0 saturated carbocycles. The fourth-order valence-electron chi connectivity index (χ4n) is 2.78. The van der Waals surface area contributed by atoms with E-state index in [4.69, 9.17) is 0 Å². The van der Waals surface area contributed by atoms with Crippen LogP contribution in [0.25, 0.3) is 11.2 Å². The Labute approximate surface area is 170 Å². The molecule has 2 aromatic heterocycles. The molecule has 0 aliphatic heterocycles. The third kappa shape index (κ3) is 5.32. The van der Waals surface area contributed by atoms with Gasteiger partial charge in [0.1, 0.15) is 17.1 Å². The van der Waals surface area contributed by atoms with Gasteiger partial charge in [-0.15, -0.1) is 0 Å². The van der Waals surface area contributed by atoms with Crippen LogP contribution in [-0.2, 0) is 6.54 Å². The molecule has 4 N–H and O–H groups in total. The highest BCUT2D eigenvalue weighted by molar-refractivity contribution is 5.74. The standard InChI is InChI=1S/C21H27N7O/c1-5-22-14(3)24-19-10-8-17-21(26-19)27-20(12-23-17)25-16-7-9-18(29)15(11-16)13-28(4)6-2/h7-12,22,29H,3,5-6,13H2,1-2,4H3,(H2,24,25,26,27). The fraction of sp³-hybridized carbons (Fsp3) is 0.286. The number of nitrogens with one attached hydrogen (secondary N) is 3. The molecule has 0 radical (unpaired) electrons. The van der Waals surface area contributed by atoms with Gasteiger partial charge in [0.15, 0.2) is 11.5 Å². The van der Waals surface area contributed by atoms with Crippen molar-refractivity contribution >= 4 is 28.5 Å². The molecule has 0 unspecified atom stereocenters. The molecule has 2 heterocycles.